The molecule has 0 spiro atoms. The number of rotatable bonds is 2. The molecule has 0 aliphatic heterocycles. The number of allylic oxidation sites excluding steroid dienone is 2. The van der Waals surface area contributed by atoms with Gasteiger partial charge >= 0.3 is 5.97 Å². The summed E-state index contributed by atoms with van der Waals surface area (Å²) in [5, 5.41) is 8.83. The lowest BCUT2D eigenvalue weighted by Gasteiger charge is -2.28. The maximum absolute atomic E-state index is 10.8. The molecule has 0 aromatic carbocycles. The Bertz CT molecular complexity index is 249. The van der Waals surface area contributed by atoms with Crippen molar-refractivity contribution in [1.82, 2.24) is 0 Å². The number of carbonyl (C=O) groups is 1. The first-order chi connectivity index (χ1) is 5.60. The summed E-state index contributed by atoms with van der Waals surface area (Å²) < 4.78 is -0.617. The first kappa shape index (κ1) is 9.48. The summed E-state index contributed by atoms with van der Waals surface area (Å²) in [5.74, 6) is -1.44. The zero-order chi connectivity index (χ0) is 9.19. The largest absolute Gasteiger partial charge is 0.481 e. The normalized spacial score (nSPS) is 33.7. The average Bonchev–Trinajstić information content (AvgIpc) is 2.05. The lowest BCUT2D eigenvalue weighted by molar-refractivity contribution is -0.140. The third-order valence-electron chi connectivity index (χ3n) is 1.88. The lowest BCUT2D eigenvalue weighted by Crippen LogP contribution is -2.41. The molecule has 0 radical (unpaired) electrons. The van der Waals surface area contributed by atoms with Crippen LogP contribution in [0, 0.1) is 5.92 Å². The third kappa shape index (κ3) is 1.59. The molecule has 0 saturated carbocycles. The molecular weight excluding hydrogens is 222 g/mol. The van der Waals surface area contributed by atoms with Gasteiger partial charge in [0.2, 0.25) is 0 Å². The van der Waals surface area contributed by atoms with Gasteiger partial charge in [0.15, 0.2) is 0 Å². The predicted octanol–water partition coefficient (Wildman–Crippen LogP) is 0.906. The van der Waals surface area contributed by atoms with Crippen molar-refractivity contribution in [2.45, 2.75) is 4.32 Å². The second-order valence-electron chi connectivity index (χ2n) is 2.69. The van der Waals surface area contributed by atoms with Crippen molar-refractivity contribution >= 4 is 21.9 Å². The molecule has 0 bridgehead atoms. The van der Waals surface area contributed by atoms with Crippen LogP contribution in [0.15, 0.2) is 24.3 Å². The van der Waals surface area contributed by atoms with Crippen molar-refractivity contribution in [2.75, 3.05) is 6.54 Å². The van der Waals surface area contributed by atoms with Gasteiger partial charge < -0.3 is 10.8 Å². The molecule has 1 aliphatic rings. The van der Waals surface area contributed by atoms with E-state index in [-0.39, 0.29) is 6.54 Å². The highest BCUT2D eigenvalue weighted by Gasteiger charge is 2.37. The van der Waals surface area contributed by atoms with Crippen LogP contribution in [0.2, 0.25) is 0 Å². The van der Waals surface area contributed by atoms with Gasteiger partial charge in [-0.2, -0.15) is 0 Å². The summed E-state index contributed by atoms with van der Waals surface area (Å²) in [6.45, 7) is 0.269. The van der Waals surface area contributed by atoms with Crippen LogP contribution in [-0.2, 0) is 4.79 Å². The molecule has 1 rings (SSSR count). The van der Waals surface area contributed by atoms with Crippen LogP contribution in [0.3, 0.4) is 0 Å². The zero-order valence-corrected chi connectivity index (χ0v) is 7.99. The summed E-state index contributed by atoms with van der Waals surface area (Å²) >= 11 is 3.32. The van der Waals surface area contributed by atoms with Crippen LogP contribution in [0.5, 0.6) is 0 Å². The number of halogens is 1. The Balaban J connectivity index is 2.92. The third-order valence-corrected chi connectivity index (χ3v) is 2.97. The van der Waals surface area contributed by atoms with Gasteiger partial charge in [-0.25, -0.2) is 0 Å². The first-order valence-electron chi connectivity index (χ1n) is 3.58. The number of hydrogen-bond donors (Lipinski definition) is 2. The van der Waals surface area contributed by atoms with Gasteiger partial charge in [0.05, 0.1) is 10.2 Å². The molecule has 66 valence electrons. The summed E-state index contributed by atoms with van der Waals surface area (Å²) in [6, 6.07) is 0. The van der Waals surface area contributed by atoms with Crippen molar-refractivity contribution in [3.8, 4) is 0 Å². The van der Waals surface area contributed by atoms with E-state index in [9.17, 15) is 4.79 Å². The number of carboxylic acid groups (broad SMARTS) is 1. The van der Waals surface area contributed by atoms with Gasteiger partial charge in [0.1, 0.15) is 0 Å². The SMILES string of the molecule is NCC1(Br)C=CC=CC1C(=O)O. The van der Waals surface area contributed by atoms with Crippen LogP contribution in [0.25, 0.3) is 0 Å². The van der Waals surface area contributed by atoms with E-state index in [1.807, 2.05) is 0 Å². The molecule has 0 aromatic heterocycles. The minimum absolute atomic E-state index is 0.269. The van der Waals surface area contributed by atoms with Crippen molar-refractivity contribution in [2.24, 2.45) is 11.7 Å². The van der Waals surface area contributed by atoms with Crippen molar-refractivity contribution < 1.29 is 9.90 Å². The first-order valence-corrected chi connectivity index (χ1v) is 4.37. The van der Waals surface area contributed by atoms with Gasteiger partial charge in [0.25, 0.3) is 0 Å². The second-order valence-corrected chi connectivity index (χ2v) is 4.17. The van der Waals surface area contributed by atoms with Crippen LogP contribution in [0.1, 0.15) is 0 Å². The fourth-order valence-corrected chi connectivity index (χ4v) is 1.64. The van der Waals surface area contributed by atoms with Crippen molar-refractivity contribution in [3.63, 3.8) is 0 Å². The minimum atomic E-state index is -0.863. The molecule has 0 amide bonds. The standard InChI is InChI=1S/C8H10BrNO2/c9-8(5-10)4-2-1-3-6(8)7(11)12/h1-4,6H,5,10H2,(H,11,12). The van der Waals surface area contributed by atoms with Crippen LogP contribution in [0.4, 0.5) is 0 Å². The zero-order valence-electron chi connectivity index (χ0n) is 6.40. The highest BCUT2D eigenvalue weighted by Crippen LogP contribution is 2.32. The number of alkyl halides is 1. The van der Waals surface area contributed by atoms with Gasteiger partial charge in [-0.05, 0) is 0 Å². The van der Waals surface area contributed by atoms with E-state index in [2.05, 4.69) is 15.9 Å². The Morgan fingerprint density at radius 2 is 2.33 bits per heavy atom. The summed E-state index contributed by atoms with van der Waals surface area (Å²) in [4.78, 5) is 10.8. The molecule has 3 nitrogen and oxygen atoms in total. The average molecular weight is 232 g/mol. The molecule has 0 fully saturated rings. The number of nitrogens with two attached hydrogens (primary N) is 1. The maximum Gasteiger partial charge on any atom is 0.312 e. The Kier molecular flexibility index (Phi) is 2.69. The van der Waals surface area contributed by atoms with E-state index in [4.69, 9.17) is 10.8 Å². The van der Waals surface area contributed by atoms with E-state index >= 15 is 0 Å². The topological polar surface area (TPSA) is 63.3 Å². The van der Waals surface area contributed by atoms with E-state index in [0.717, 1.165) is 0 Å². The number of hydrogen-bond acceptors (Lipinski definition) is 2. The van der Waals surface area contributed by atoms with Gasteiger partial charge in [-0.15, -0.1) is 0 Å². The molecule has 0 heterocycles. The Hall–Kier alpha value is -0.610. The molecule has 2 atom stereocenters. The highest BCUT2D eigenvalue weighted by molar-refractivity contribution is 9.10. The molecule has 12 heavy (non-hydrogen) atoms. The maximum atomic E-state index is 10.8. The molecular formula is C8H10BrNO2. The fraction of sp³-hybridized carbons (Fsp3) is 0.375. The van der Waals surface area contributed by atoms with E-state index < -0.39 is 16.2 Å². The number of carboxylic acids is 1. The van der Waals surface area contributed by atoms with E-state index in [1.165, 1.54) is 0 Å². The molecule has 4 heteroatoms. The van der Waals surface area contributed by atoms with Crippen LogP contribution >= 0.6 is 15.9 Å². The Morgan fingerprint density at radius 1 is 1.67 bits per heavy atom. The van der Waals surface area contributed by atoms with Crippen LogP contribution < -0.4 is 5.73 Å². The molecule has 0 aromatic rings. The fourth-order valence-electron chi connectivity index (χ4n) is 1.14. The number of aliphatic carboxylic acids is 1. The smallest absolute Gasteiger partial charge is 0.312 e. The van der Waals surface area contributed by atoms with E-state index in [1.54, 1.807) is 24.3 Å². The summed E-state index contributed by atoms with van der Waals surface area (Å²) in [6.07, 6.45) is 6.91. The molecule has 1 aliphatic carbocycles. The minimum Gasteiger partial charge on any atom is -0.481 e. The van der Waals surface area contributed by atoms with E-state index in [0.29, 0.717) is 0 Å². The van der Waals surface area contributed by atoms with Gasteiger partial charge in [-0.3, -0.25) is 4.79 Å². The molecule has 2 unspecified atom stereocenters. The lowest BCUT2D eigenvalue weighted by atomic mass is 9.88. The summed E-state index contributed by atoms with van der Waals surface area (Å²) in [7, 11) is 0. The predicted molar refractivity (Wildman–Crippen MR) is 50.1 cm³/mol. The highest BCUT2D eigenvalue weighted by atomic mass is 79.9. The van der Waals surface area contributed by atoms with Gasteiger partial charge in [-0.1, -0.05) is 40.2 Å². The van der Waals surface area contributed by atoms with Crippen LogP contribution in [-0.4, -0.2) is 21.9 Å². The van der Waals surface area contributed by atoms with Crippen molar-refractivity contribution in [3.05, 3.63) is 24.3 Å². The molecule has 3 N–H and O–H groups in total. The molecule has 0 saturated heterocycles. The summed E-state index contributed by atoms with van der Waals surface area (Å²) in [5.41, 5.74) is 5.47. The quantitative estimate of drug-likeness (QED) is 0.695. The Morgan fingerprint density at radius 3 is 2.75 bits per heavy atom. The van der Waals surface area contributed by atoms with Crippen molar-refractivity contribution in [1.29, 1.82) is 0 Å². The Labute approximate surface area is 79.1 Å². The monoisotopic (exact) mass is 231 g/mol. The van der Waals surface area contributed by atoms with Gasteiger partial charge in [0, 0.05) is 6.54 Å². The second kappa shape index (κ2) is 3.41.